The van der Waals surface area contributed by atoms with E-state index in [4.69, 9.17) is 21.1 Å². The number of carbonyl (C=O) groups is 1. The lowest BCUT2D eigenvalue weighted by Gasteiger charge is -2.08. The molecule has 0 saturated heterocycles. The molecular weight excluding hydrogens is 384 g/mol. The molecule has 3 rings (SSSR count). The van der Waals surface area contributed by atoms with Crippen LogP contribution in [-0.4, -0.2) is 25.1 Å². The maximum atomic E-state index is 12.2. The number of hydrogen-bond donors (Lipinski definition) is 1. The highest BCUT2D eigenvalue weighted by molar-refractivity contribution is 7.14. The van der Waals surface area contributed by atoms with Gasteiger partial charge in [-0.3, -0.25) is 4.79 Å². The first kappa shape index (κ1) is 19.2. The van der Waals surface area contributed by atoms with Crippen molar-refractivity contribution in [1.29, 1.82) is 0 Å². The fraction of sp³-hybridized carbons (Fsp3) is 0.200. The average molecular weight is 403 g/mol. The summed E-state index contributed by atoms with van der Waals surface area (Å²) in [5.41, 5.74) is 2.48. The zero-order chi connectivity index (χ0) is 19.2. The van der Waals surface area contributed by atoms with Crippen molar-refractivity contribution < 1.29 is 14.3 Å². The molecule has 0 spiro atoms. The summed E-state index contributed by atoms with van der Waals surface area (Å²) in [6, 6.07) is 13.0. The molecule has 7 heteroatoms. The van der Waals surface area contributed by atoms with Crippen LogP contribution in [0, 0.1) is 0 Å². The van der Waals surface area contributed by atoms with Gasteiger partial charge < -0.3 is 14.8 Å². The van der Waals surface area contributed by atoms with E-state index in [1.807, 2.05) is 47.8 Å². The van der Waals surface area contributed by atoms with Gasteiger partial charge >= 0.3 is 0 Å². The number of rotatable bonds is 7. The molecule has 0 bridgehead atoms. The summed E-state index contributed by atoms with van der Waals surface area (Å²) < 4.78 is 10.7. The van der Waals surface area contributed by atoms with Gasteiger partial charge in [0.2, 0.25) is 5.91 Å². The third-order valence-corrected chi connectivity index (χ3v) is 5.14. The predicted molar refractivity (Wildman–Crippen MR) is 109 cm³/mol. The van der Waals surface area contributed by atoms with Crippen molar-refractivity contribution in [2.45, 2.75) is 12.8 Å². The van der Waals surface area contributed by atoms with E-state index in [0.717, 1.165) is 16.8 Å². The van der Waals surface area contributed by atoms with E-state index >= 15 is 0 Å². The number of methoxy groups -OCH3 is 2. The number of hydrogen-bond acceptors (Lipinski definition) is 5. The van der Waals surface area contributed by atoms with Crippen molar-refractivity contribution in [1.82, 2.24) is 4.98 Å². The molecule has 27 heavy (non-hydrogen) atoms. The van der Waals surface area contributed by atoms with Gasteiger partial charge in [-0.25, -0.2) is 4.98 Å². The topological polar surface area (TPSA) is 60.5 Å². The molecule has 0 atom stereocenters. The quantitative estimate of drug-likeness (QED) is 0.600. The minimum atomic E-state index is -0.103. The fourth-order valence-electron chi connectivity index (χ4n) is 2.60. The van der Waals surface area contributed by atoms with Crippen molar-refractivity contribution in [3.8, 4) is 22.8 Å². The van der Waals surface area contributed by atoms with Gasteiger partial charge in [0.05, 0.1) is 19.9 Å². The third kappa shape index (κ3) is 4.78. The van der Waals surface area contributed by atoms with Gasteiger partial charge in [-0.1, -0.05) is 29.8 Å². The molecule has 1 N–H and O–H groups in total. The van der Waals surface area contributed by atoms with Gasteiger partial charge in [-0.15, -0.1) is 11.3 Å². The molecule has 0 unspecified atom stereocenters. The number of anilines is 1. The summed E-state index contributed by atoms with van der Waals surface area (Å²) in [6.45, 7) is 0. The molecule has 1 aromatic heterocycles. The molecule has 0 aliphatic carbocycles. The summed E-state index contributed by atoms with van der Waals surface area (Å²) in [4.78, 5) is 16.7. The van der Waals surface area contributed by atoms with Crippen molar-refractivity contribution in [2.24, 2.45) is 0 Å². The number of thiazole rings is 1. The minimum Gasteiger partial charge on any atom is -0.497 e. The Labute approximate surface area is 166 Å². The molecule has 0 aliphatic rings. The molecule has 1 heterocycles. The van der Waals surface area contributed by atoms with Gasteiger partial charge in [-0.05, 0) is 36.2 Å². The lowest BCUT2D eigenvalue weighted by atomic mass is 10.1. The Morgan fingerprint density at radius 3 is 2.74 bits per heavy atom. The highest BCUT2D eigenvalue weighted by Gasteiger charge is 2.13. The minimum absolute atomic E-state index is 0.103. The molecule has 0 saturated carbocycles. The summed E-state index contributed by atoms with van der Waals surface area (Å²) in [5.74, 6) is 1.30. The van der Waals surface area contributed by atoms with Gasteiger partial charge in [0.25, 0.3) is 0 Å². The van der Waals surface area contributed by atoms with E-state index in [0.29, 0.717) is 34.5 Å². The Morgan fingerprint density at radius 1 is 1.19 bits per heavy atom. The third-order valence-electron chi connectivity index (χ3n) is 4.01. The second kappa shape index (κ2) is 8.88. The standard InChI is InChI=1S/C20H19ClN2O3S/c1-25-14-8-9-18(26-2)15(11-14)17-12-27-20(22-17)23-19(24)10-7-13-5-3-4-6-16(13)21/h3-6,8-9,11-12H,7,10H2,1-2H3,(H,22,23,24). The number of ether oxygens (including phenoxy) is 2. The SMILES string of the molecule is COc1ccc(OC)c(-c2csc(NC(=O)CCc3ccccc3Cl)n2)c1. The Bertz CT molecular complexity index is 942. The lowest BCUT2D eigenvalue weighted by Crippen LogP contribution is -2.12. The van der Waals surface area contributed by atoms with Crippen molar-refractivity contribution in [3.05, 3.63) is 58.4 Å². The molecule has 140 valence electrons. The molecule has 3 aromatic rings. The molecule has 1 amide bonds. The van der Waals surface area contributed by atoms with Gasteiger partial charge in [0, 0.05) is 22.4 Å². The van der Waals surface area contributed by atoms with Crippen LogP contribution in [0.3, 0.4) is 0 Å². The number of aryl methyl sites for hydroxylation is 1. The van der Waals surface area contributed by atoms with Crippen LogP contribution < -0.4 is 14.8 Å². The van der Waals surface area contributed by atoms with Crippen LogP contribution >= 0.6 is 22.9 Å². The molecule has 2 aromatic carbocycles. The van der Waals surface area contributed by atoms with E-state index in [2.05, 4.69) is 10.3 Å². The first-order valence-corrected chi connectivity index (χ1v) is 9.57. The van der Waals surface area contributed by atoms with Crippen LogP contribution in [0.25, 0.3) is 11.3 Å². The summed E-state index contributed by atoms with van der Waals surface area (Å²) in [7, 11) is 3.21. The number of aromatic nitrogens is 1. The van der Waals surface area contributed by atoms with Crippen molar-refractivity contribution >= 4 is 34.0 Å². The Hall–Kier alpha value is -2.57. The number of carbonyl (C=O) groups excluding carboxylic acids is 1. The van der Waals surface area contributed by atoms with Gasteiger partial charge in [0.15, 0.2) is 5.13 Å². The number of nitrogens with one attached hydrogen (secondary N) is 1. The van der Waals surface area contributed by atoms with E-state index in [9.17, 15) is 4.79 Å². The molecule has 0 aliphatic heterocycles. The maximum absolute atomic E-state index is 12.2. The first-order chi connectivity index (χ1) is 13.1. The number of nitrogens with zero attached hydrogens (tertiary/aromatic N) is 1. The summed E-state index contributed by atoms with van der Waals surface area (Å²) in [5, 5.41) is 5.93. The summed E-state index contributed by atoms with van der Waals surface area (Å²) in [6.07, 6.45) is 0.911. The number of amides is 1. The van der Waals surface area contributed by atoms with Gasteiger partial charge in [0.1, 0.15) is 11.5 Å². The Morgan fingerprint density at radius 2 is 2.00 bits per heavy atom. The Balaban J connectivity index is 1.67. The van der Waals surface area contributed by atoms with Crippen LogP contribution in [-0.2, 0) is 11.2 Å². The van der Waals surface area contributed by atoms with Crippen molar-refractivity contribution in [2.75, 3.05) is 19.5 Å². The first-order valence-electron chi connectivity index (χ1n) is 8.32. The summed E-state index contributed by atoms with van der Waals surface area (Å²) >= 11 is 7.49. The molecule has 0 radical (unpaired) electrons. The second-order valence-corrected chi connectivity index (χ2v) is 7.01. The largest absolute Gasteiger partial charge is 0.497 e. The van der Waals surface area contributed by atoms with E-state index in [1.165, 1.54) is 11.3 Å². The van der Waals surface area contributed by atoms with Crippen LogP contribution in [0.5, 0.6) is 11.5 Å². The zero-order valence-electron chi connectivity index (χ0n) is 15.0. The highest BCUT2D eigenvalue weighted by Crippen LogP contribution is 2.35. The van der Waals surface area contributed by atoms with E-state index in [1.54, 1.807) is 14.2 Å². The number of halogens is 1. The monoisotopic (exact) mass is 402 g/mol. The predicted octanol–water partition coefficient (Wildman–Crippen LogP) is 5.05. The van der Waals surface area contributed by atoms with Gasteiger partial charge in [-0.2, -0.15) is 0 Å². The molecular formula is C20H19ClN2O3S. The fourth-order valence-corrected chi connectivity index (χ4v) is 3.56. The highest BCUT2D eigenvalue weighted by atomic mass is 35.5. The second-order valence-electron chi connectivity index (χ2n) is 5.74. The van der Waals surface area contributed by atoms with E-state index < -0.39 is 0 Å². The van der Waals surface area contributed by atoms with Crippen LogP contribution in [0.1, 0.15) is 12.0 Å². The van der Waals surface area contributed by atoms with Crippen LogP contribution in [0.2, 0.25) is 5.02 Å². The molecule has 5 nitrogen and oxygen atoms in total. The van der Waals surface area contributed by atoms with Crippen molar-refractivity contribution in [3.63, 3.8) is 0 Å². The maximum Gasteiger partial charge on any atom is 0.226 e. The van der Waals surface area contributed by atoms with Crippen LogP contribution in [0.4, 0.5) is 5.13 Å². The van der Waals surface area contributed by atoms with E-state index in [-0.39, 0.29) is 5.91 Å². The average Bonchev–Trinajstić information content (AvgIpc) is 3.15. The van der Waals surface area contributed by atoms with Crippen LogP contribution in [0.15, 0.2) is 47.8 Å². The Kier molecular flexibility index (Phi) is 6.32. The number of benzene rings is 2. The zero-order valence-corrected chi connectivity index (χ0v) is 16.6. The smallest absolute Gasteiger partial charge is 0.226 e. The lowest BCUT2D eigenvalue weighted by molar-refractivity contribution is -0.116. The molecule has 0 fully saturated rings. The normalized spacial score (nSPS) is 10.5.